The van der Waals surface area contributed by atoms with Gasteiger partial charge < -0.3 is 19.2 Å². The number of hydrogen-bond donors (Lipinski definition) is 3. The summed E-state index contributed by atoms with van der Waals surface area (Å²) in [5, 5.41) is 6.59. The molecule has 0 bridgehead atoms. The second-order valence-electron chi connectivity index (χ2n) is 12.1. The van der Waals surface area contributed by atoms with E-state index in [-0.39, 0.29) is 12.5 Å². The van der Waals surface area contributed by atoms with Gasteiger partial charge >= 0.3 is 0 Å². The Balaban J connectivity index is 1.67. The molecule has 0 aliphatic carbocycles. The number of sulfonamides is 1. The fourth-order valence-electron chi connectivity index (χ4n) is 5.69. The summed E-state index contributed by atoms with van der Waals surface area (Å²) in [7, 11) is -4.19. The van der Waals surface area contributed by atoms with Crippen LogP contribution in [0.15, 0.2) is 103 Å². The normalized spacial score (nSPS) is 12.9. The summed E-state index contributed by atoms with van der Waals surface area (Å²) in [5.41, 5.74) is 3.83. The molecule has 4 aromatic carbocycles. The molecule has 49 heavy (non-hydrogen) atoms. The maximum absolute atomic E-state index is 13.8. The number of rotatable bonds is 19. The molecular formula is C38H49N3O6SSi. The predicted molar refractivity (Wildman–Crippen MR) is 199 cm³/mol. The molecule has 9 nitrogen and oxygen atoms in total. The quantitative estimate of drug-likeness (QED) is 0.0875. The smallest absolute Gasteiger partial charge is 0.242 e. The van der Waals surface area contributed by atoms with Crippen LogP contribution < -0.4 is 24.8 Å². The van der Waals surface area contributed by atoms with Crippen molar-refractivity contribution in [3.63, 3.8) is 0 Å². The Morgan fingerprint density at radius 1 is 0.796 bits per heavy atom. The Morgan fingerprint density at radius 2 is 1.39 bits per heavy atom. The Hall–Kier alpha value is -4.16. The summed E-state index contributed by atoms with van der Waals surface area (Å²) < 4.78 is 46.1. The lowest BCUT2D eigenvalue weighted by Gasteiger charge is -2.34. The summed E-state index contributed by atoms with van der Waals surface area (Å²) in [6.07, 6.45) is 0.643. The number of amides is 1. The van der Waals surface area contributed by atoms with E-state index >= 15 is 0 Å². The van der Waals surface area contributed by atoms with E-state index in [0.29, 0.717) is 30.3 Å². The van der Waals surface area contributed by atoms with Crippen LogP contribution >= 0.6 is 0 Å². The molecule has 0 aliphatic rings. The van der Waals surface area contributed by atoms with Crippen LogP contribution in [0.4, 0.5) is 5.69 Å². The molecule has 0 aromatic heterocycles. The number of benzene rings is 4. The third kappa shape index (κ3) is 11.2. The summed E-state index contributed by atoms with van der Waals surface area (Å²) in [5.74, 6) is 0.923. The zero-order valence-corrected chi connectivity index (χ0v) is 30.9. The number of carbonyl (C=O) groups excluding carboxylic acids is 1. The van der Waals surface area contributed by atoms with Crippen LogP contribution in [0.5, 0.6) is 11.5 Å². The van der Waals surface area contributed by atoms with Gasteiger partial charge in [-0.05, 0) is 64.7 Å². The fourth-order valence-corrected chi connectivity index (χ4v) is 9.07. The predicted octanol–water partition coefficient (Wildman–Crippen LogP) is 7.36. The van der Waals surface area contributed by atoms with Gasteiger partial charge in [-0.25, -0.2) is 8.42 Å². The molecule has 0 aliphatic heterocycles. The monoisotopic (exact) mass is 703 g/mol. The third-order valence-corrected chi connectivity index (χ3v) is 14.0. The minimum absolute atomic E-state index is 0.179. The number of carbonyl (C=O) groups is 1. The van der Waals surface area contributed by atoms with Gasteiger partial charge in [-0.1, -0.05) is 99.6 Å². The Labute approximate surface area is 292 Å². The van der Waals surface area contributed by atoms with Crippen molar-refractivity contribution in [2.45, 2.75) is 64.2 Å². The van der Waals surface area contributed by atoms with E-state index in [0.717, 1.165) is 46.6 Å². The molecule has 3 N–H and O–H groups in total. The average Bonchev–Trinajstić information content (AvgIpc) is 3.12. The van der Waals surface area contributed by atoms with Gasteiger partial charge in [-0.3, -0.25) is 14.8 Å². The first kappa shape index (κ1) is 37.7. The number of ether oxygens (including phenoxy) is 2. The summed E-state index contributed by atoms with van der Waals surface area (Å²) in [6, 6.07) is 34.4. The van der Waals surface area contributed by atoms with E-state index in [1.165, 1.54) is 0 Å². The zero-order valence-electron chi connectivity index (χ0n) is 29.1. The minimum Gasteiger partial charge on any atom is -0.497 e. The molecule has 4 aromatic rings. The van der Waals surface area contributed by atoms with Crippen molar-refractivity contribution in [2.24, 2.45) is 0 Å². The molecule has 2 unspecified atom stereocenters. The van der Waals surface area contributed by atoms with Crippen molar-refractivity contribution in [2.75, 3.05) is 24.6 Å². The Morgan fingerprint density at radius 3 is 1.96 bits per heavy atom. The highest BCUT2D eigenvalue weighted by Gasteiger charge is 2.34. The second-order valence-corrected chi connectivity index (χ2v) is 18.5. The lowest BCUT2D eigenvalue weighted by atomic mass is 10.0. The van der Waals surface area contributed by atoms with E-state index in [9.17, 15) is 13.2 Å². The van der Waals surface area contributed by atoms with Gasteiger partial charge in [-0.2, -0.15) is 0 Å². The van der Waals surface area contributed by atoms with Crippen molar-refractivity contribution in [1.82, 2.24) is 10.6 Å². The van der Waals surface area contributed by atoms with Crippen LogP contribution in [0.25, 0.3) is 0 Å². The molecule has 1 amide bonds. The average molecular weight is 704 g/mol. The van der Waals surface area contributed by atoms with Gasteiger partial charge in [0.15, 0.2) is 8.32 Å². The Bertz CT molecular complexity index is 1710. The lowest BCUT2D eigenvalue weighted by Crippen LogP contribution is -2.43. The largest absolute Gasteiger partial charge is 0.497 e. The van der Waals surface area contributed by atoms with Crippen molar-refractivity contribution < 1.29 is 27.1 Å². The molecule has 4 rings (SSSR count). The van der Waals surface area contributed by atoms with E-state index in [1.54, 1.807) is 19.2 Å². The molecule has 2 atom stereocenters. The highest BCUT2D eigenvalue weighted by molar-refractivity contribution is 7.92. The summed E-state index contributed by atoms with van der Waals surface area (Å²) >= 11 is 0. The first-order valence-electron chi connectivity index (χ1n) is 16.7. The van der Waals surface area contributed by atoms with Crippen LogP contribution in [0.3, 0.4) is 0 Å². The van der Waals surface area contributed by atoms with Gasteiger partial charge in [0.25, 0.3) is 0 Å². The SMILES string of the molecule is CC[Si](CC)(CC)OC(CNC(C(=O)NCc1ccccc1)c1ccc(OC)cc1)c1ccc(OCc2ccccc2)c(NS(C)(=O)=O)c1. The molecule has 0 heterocycles. The number of methoxy groups -OCH3 is 1. The van der Waals surface area contributed by atoms with Crippen molar-refractivity contribution in [3.05, 3.63) is 125 Å². The van der Waals surface area contributed by atoms with E-state index in [1.807, 2.05) is 91.0 Å². The van der Waals surface area contributed by atoms with Crippen molar-refractivity contribution in [1.29, 1.82) is 0 Å². The molecule has 11 heteroatoms. The van der Waals surface area contributed by atoms with Crippen LogP contribution in [-0.4, -0.2) is 42.6 Å². The van der Waals surface area contributed by atoms with Crippen LogP contribution in [-0.2, 0) is 32.4 Å². The van der Waals surface area contributed by atoms with Gasteiger partial charge in [0.2, 0.25) is 15.9 Å². The van der Waals surface area contributed by atoms with E-state index in [2.05, 4.69) is 36.1 Å². The Kier molecular flexibility index (Phi) is 13.8. The van der Waals surface area contributed by atoms with Crippen molar-refractivity contribution in [3.8, 4) is 11.5 Å². The number of hydrogen-bond acceptors (Lipinski definition) is 7. The molecule has 0 fully saturated rings. The van der Waals surface area contributed by atoms with Gasteiger partial charge in [0.1, 0.15) is 24.1 Å². The molecule has 0 spiro atoms. The van der Waals surface area contributed by atoms with Crippen LogP contribution in [0, 0.1) is 0 Å². The number of anilines is 1. The van der Waals surface area contributed by atoms with Crippen LogP contribution in [0.2, 0.25) is 18.1 Å². The highest BCUT2D eigenvalue weighted by Crippen LogP contribution is 2.35. The minimum atomic E-state index is -3.62. The second kappa shape index (κ2) is 18.0. The van der Waals surface area contributed by atoms with E-state index in [4.69, 9.17) is 13.9 Å². The van der Waals surface area contributed by atoms with E-state index < -0.39 is 30.5 Å². The highest BCUT2D eigenvalue weighted by atomic mass is 32.2. The maximum atomic E-state index is 13.8. The van der Waals surface area contributed by atoms with Crippen molar-refractivity contribution >= 4 is 29.9 Å². The third-order valence-electron chi connectivity index (χ3n) is 8.76. The number of nitrogens with one attached hydrogen (secondary N) is 3. The lowest BCUT2D eigenvalue weighted by molar-refractivity contribution is -0.123. The fraction of sp³-hybridized carbons (Fsp3) is 0.342. The maximum Gasteiger partial charge on any atom is 0.242 e. The summed E-state index contributed by atoms with van der Waals surface area (Å²) in [6.45, 7) is 7.45. The molecule has 262 valence electrons. The molecular weight excluding hydrogens is 655 g/mol. The molecule has 0 saturated heterocycles. The van der Waals surface area contributed by atoms with Gasteiger partial charge in [0, 0.05) is 13.1 Å². The molecule has 0 radical (unpaired) electrons. The standard InChI is InChI=1S/C38H49N3O6SSi/c1-6-49(7-2,8-3)47-36(32-21-24-35(34(25-32)41-48(5,43)44)46-28-30-17-13-10-14-18-30)27-39-37(31-19-22-33(45-4)23-20-31)38(42)40-26-29-15-11-9-12-16-29/h9-25,36-37,39,41H,6-8,26-28H2,1-5H3,(H,40,42). The molecule has 0 saturated carbocycles. The van der Waals surface area contributed by atoms with Gasteiger partial charge in [0.05, 0.1) is 25.2 Å². The topological polar surface area (TPSA) is 115 Å². The summed E-state index contributed by atoms with van der Waals surface area (Å²) in [4.78, 5) is 13.8. The van der Waals surface area contributed by atoms with Crippen LogP contribution in [0.1, 0.15) is 55.2 Å². The zero-order chi connectivity index (χ0) is 35.3. The first-order chi connectivity index (χ1) is 23.6. The van der Waals surface area contributed by atoms with Gasteiger partial charge in [-0.15, -0.1) is 0 Å². The first-order valence-corrected chi connectivity index (χ1v) is 21.2.